The van der Waals surface area contributed by atoms with E-state index in [0.717, 1.165) is 15.9 Å². The molecule has 18 heavy (non-hydrogen) atoms. The number of ether oxygens (including phenoxy) is 2. The normalized spacial score (nSPS) is 10.6. The van der Waals surface area contributed by atoms with Crippen molar-refractivity contribution in [3.05, 3.63) is 16.6 Å². The molecule has 2 rings (SSSR count). The first-order valence-corrected chi connectivity index (χ1v) is 6.01. The van der Waals surface area contributed by atoms with Crippen LogP contribution in [0.2, 0.25) is 0 Å². The first-order chi connectivity index (χ1) is 8.52. The Hall–Kier alpha value is -1.89. The van der Waals surface area contributed by atoms with Crippen molar-refractivity contribution in [3.8, 4) is 0 Å². The summed E-state index contributed by atoms with van der Waals surface area (Å²) in [4.78, 5) is 23.9. The highest BCUT2D eigenvalue weighted by atomic mass is 32.1. The molecule has 0 fully saturated rings. The van der Waals surface area contributed by atoms with Gasteiger partial charge in [-0.05, 0) is 13.0 Å². The van der Waals surface area contributed by atoms with Gasteiger partial charge in [0.25, 0.3) is 0 Å². The molecule has 0 bridgehead atoms. The third kappa shape index (κ3) is 2.21. The van der Waals surface area contributed by atoms with E-state index in [0.29, 0.717) is 4.88 Å². The van der Waals surface area contributed by atoms with Gasteiger partial charge in [0.15, 0.2) is 6.61 Å². The molecule has 0 unspecified atom stereocenters. The topological polar surface area (TPSA) is 70.4 Å². The second-order valence-corrected chi connectivity index (χ2v) is 4.72. The van der Waals surface area contributed by atoms with Crippen LogP contribution in [0.5, 0.6) is 0 Å². The summed E-state index contributed by atoms with van der Waals surface area (Å²) in [6.45, 7) is 1.50. The van der Waals surface area contributed by atoms with E-state index < -0.39 is 11.9 Å². The SMILES string of the molecule is COC(=O)COC(=O)c1cc2c(C)nn(C)c2s1. The molecule has 2 aromatic rings. The monoisotopic (exact) mass is 268 g/mol. The number of carbonyl (C=O) groups excluding carboxylic acids is 2. The van der Waals surface area contributed by atoms with Crippen LogP contribution in [-0.4, -0.2) is 35.4 Å². The van der Waals surface area contributed by atoms with Gasteiger partial charge in [0.1, 0.15) is 9.71 Å². The Bertz CT molecular complexity index is 579. The van der Waals surface area contributed by atoms with Crippen LogP contribution in [0.1, 0.15) is 15.4 Å². The lowest BCUT2D eigenvalue weighted by Gasteiger charge is -2.00. The standard InChI is InChI=1S/C11H12N2O4S/c1-6-7-4-8(18-10(7)13(2)12-6)11(15)17-5-9(14)16-3/h4H,5H2,1-3H3. The van der Waals surface area contributed by atoms with Crippen LogP contribution >= 0.6 is 11.3 Å². The van der Waals surface area contributed by atoms with Crippen LogP contribution in [0.4, 0.5) is 0 Å². The van der Waals surface area contributed by atoms with Crippen molar-refractivity contribution in [2.45, 2.75) is 6.92 Å². The third-order valence-electron chi connectivity index (χ3n) is 2.45. The van der Waals surface area contributed by atoms with Crippen molar-refractivity contribution in [2.24, 2.45) is 7.05 Å². The Morgan fingerprint density at radius 3 is 2.83 bits per heavy atom. The molecular weight excluding hydrogens is 256 g/mol. The van der Waals surface area contributed by atoms with Gasteiger partial charge < -0.3 is 9.47 Å². The van der Waals surface area contributed by atoms with Gasteiger partial charge in [-0.1, -0.05) is 0 Å². The summed E-state index contributed by atoms with van der Waals surface area (Å²) in [5.41, 5.74) is 0.857. The summed E-state index contributed by atoms with van der Waals surface area (Å²) in [5, 5.41) is 5.16. The predicted molar refractivity (Wildman–Crippen MR) is 65.6 cm³/mol. The predicted octanol–water partition coefficient (Wildman–Crippen LogP) is 1.27. The van der Waals surface area contributed by atoms with E-state index in [1.165, 1.54) is 18.4 Å². The molecule has 0 amide bonds. The summed E-state index contributed by atoms with van der Waals surface area (Å²) < 4.78 is 10.9. The van der Waals surface area contributed by atoms with Crippen LogP contribution in [-0.2, 0) is 21.3 Å². The van der Waals surface area contributed by atoms with Gasteiger partial charge in [-0.25, -0.2) is 9.59 Å². The maximum Gasteiger partial charge on any atom is 0.348 e. The fraction of sp³-hybridized carbons (Fsp3) is 0.364. The number of thiophene rings is 1. The van der Waals surface area contributed by atoms with Gasteiger partial charge in [-0.3, -0.25) is 4.68 Å². The van der Waals surface area contributed by atoms with Gasteiger partial charge >= 0.3 is 11.9 Å². The van der Waals surface area contributed by atoms with Gasteiger partial charge in [0.2, 0.25) is 0 Å². The number of carbonyl (C=O) groups is 2. The van der Waals surface area contributed by atoms with Gasteiger partial charge in [0, 0.05) is 12.4 Å². The largest absolute Gasteiger partial charge is 0.466 e. The average Bonchev–Trinajstić information content (AvgIpc) is 2.89. The summed E-state index contributed by atoms with van der Waals surface area (Å²) in [6, 6.07) is 1.72. The summed E-state index contributed by atoms with van der Waals surface area (Å²) in [6.07, 6.45) is 0. The first-order valence-electron chi connectivity index (χ1n) is 5.20. The number of methoxy groups -OCH3 is 1. The van der Waals surface area contributed by atoms with E-state index in [4.69, 9.17) is 4.74 Å². The van der Waals surface area contributed by atoms with E-state index in [2.05, 4.69) is 9.84 Å². The van der Waals surface area contributed by atoms with Crippen molar-refractivity contribution in [3.63, 3.8) is 0 Å². The van der Waals surface area contributed by atoms with Crippen molar-refractivity contribution in [2.75, 3.05) is 13.7 Å². The van der Waals surface area contributed by atoms with Gasteiger partial charge in [-0.2, -0.15) is 5.10 Å². The lowest BCUT2D eigenvalue weighted by molar-refractivity contribution is -0.144. The Morgan fingerprint density at radius 2 is 2.22 bits per heavy atom. The van der Waals surface area contributed by atoms with E-state index in [9.17, 15) is 9.59 Å². The quantitative estimate of drug-likeness (QED) is 0.784. The molecule has 0 atom stereocenters. The zero-order valence-electron chi connectivity index (χ0n) is 10.2. The molecule has 0 aliphatic heterocycles. The van der Waals surface area contributed by atoms with Crippen LogP contribution in [0.15, 0.2) is 6.07 Å². The van der Waals surface area contributed by atoms with E-state index >= 15 is 0 Å². The lowest BCUT2D eigenvalue weighted by Crippen LogP contribution is -2.14. The minimum atomic E-state index is -0.581. The molecule has 2 heterocycles. The summed E-state index contributed by atoms with van der Waals surface area (Å²) in [7, 11) is 3.06. The Morgan fingerprint density at radius 1 is 1.50 bits per heavy atom. The number of nitrogens with zero attached hydrogens (tertiary/aromatic N) is 2. The number of hydrogen-bond donors (Lipinski definition) is 0. The van der Waals surface area contributed by atoms with Crippen LogP contribution in [0.3, 0.4) is 0 Å². The Kier molecular flexibility index (Phi) is 3.33. The second kappa shape index (κ2) is 4.77. The maximum atomic E-state index is 11.7. The molecule has 0 aromatic carbocycles. The highest BCUT2D eigenvalue weighted by molar-refractivity contribution is 7.20. The Labute approximate surface area is 107 Å². The highest BCUT2D eigenvalue weighted by Gasteiger charge is 2.17. The molecule has 7 heteroatoms. The molecule has 0 N–H and O–H groups in total. The lowest BCUT2D eigenvalue weighted by atomic mass is 10.3. The van der Waals surface area contributed by atoms with E-state index in [1.54, 1.807) is 10.7 Å². The van der Waals surface area contributed by atoms with Crippen molar-refractivity contribution in [1.29, 1.82) is 0 Å². The number of aryl methyl sites for hydroxylation is 2. The van der Waals surface area contributed by atoms with Crippen LogP contribution < -0.4 is 0 Å². The second-order valence-electron chi connectivity index (χ2n) is 3.69. The number of fused-ring (bicyclic) bond motifs is 1. The smallest absolute Gasteiger partial charge is 0.348 e. The van der Waals surface area contributed by atoms with Gasteiger partial charge in [0.05, 0.1) is 12.8 Å². The minimum Gasteiger partial charge on any atom is -0.466 e. The molecule has 0 aliphatic rings. The first kappa shape index (κ1) is 12.6. The molecule has 0 saturated carbocycles. The van der Waals surface area contributed by atoms with Crippen molar-refractivity contribution < 1.29 is 19.1 Å². The zero-order chi connectivity index (χ0) is 13.3. The van der Waals surface area contributed by atoms with E-state index in [1.807, 2.05) is 14.0 Å². The number of aromatic nitrogens is 2. The number of rotatable bonds is 3. The maximum absolute atomic E-state index is 11.7. The van der Waals surface area contributed by atoms with Crippen molar-refractivity contribution >= 4 is 33.5 Å². The average molecular weight is 268 g/mol. The number of hydrogen-bond acceptors (Lipinski definition) is 6. The molecule has 0 spiro atoms. The molecular formula is C11H12N2O4S. The molecule has 0 aliphatic carbocycles. The third-order valence-corrected chi connectivity index (χ3v) is 3.63. The van der Waals surface area contributed by atoms with Crippen molar-refractivity contribution in [1.82, 2.24) is 9.78 Å². The van der Waals surface area contributed by atoms with E-state index in [-0.39, 0.29) is 6.61 Å². The molecule has 96 valence electrons. The summed E-state index contributed by atoms with van der Waals surface area (Å²) in [5.74, 6) is -1.11. The highest BCUT2D eigenvalue weighted by Crippen LogP contribution is 2.27. The number of esters is 2. The van der Waals surface area contributed by atoms with Crippen LogP contribution in [0, 0.1) is 6.92 Å². The fourth-order valence-electron chi connectivity index (χ4n) is 1.56. The Balaban J connectivity index is 2.18. The molecule has 2 aromatic heterocycles. The fourth-order valence-corrected chi connectivity index (χ4v) is 2.58. The minimum absolute atomic E-state index is 0.374. The molecule has 0 saturated heterocycles. The van der Waals surface area contributed by atoms with Gasteiger partial charge in [-0.15, -0.1) is 11.3 Å². The molecule has 6 nitrogen and oxygen atoms in total. The summed E-state index contributed by atoms with van der Waals surface area (Å²) >= 11 is 1.29. The molecule has 0 radical (unpaired) electrons. The van der Waals surface area contributed by atoms with Crippen LogP contribution in [0.25, 0.3) is 10.2 Å². The zero-order valence-corrected chi connectivity index (χ0v) is 11.0.